The number of imide groups is 1. The summed E-state index contributed by atoms with van der Waals surface area (Å²) in [7, 11) is 0. The predicted octanol–water partition coefficient (Wildman–Crippen LogP) is 0.330. The maximum atomic E-state index is 12.6. The van der Waals surface area contributed by atoms with Gasteiger partial charge in [0.2, 0.25) is 5.91 Å². The molecule has 7 nitrogen and oxygen atoms in total. The number of rotatable bonds is 3. The van der Waals surface area contributed by atoms with Crippen molar-refractivity contribution in [2.75, 3.05) is 26.2 Å². The molecule has 0 unspecified atom stereocenters. The van der Waals surface area contributed by atoms with Crippen LogP contribution in [0.3, 0.4) is 0 Å². The number of quaternary nitrogens is 1. The van der Waals surface area contributed by atoms with Gasteiger partial charge in [0.25, 0.3) is 11.8 Å². The molecule has 2 aliphatic heterocycles. The van der Waals surface area contributed by atoms with Gasteiger partial charge in [-0.25, -0.2) is 4.79 Å². The van der Waals surface area contributed by atoms with Crippen molar-refractivity contribution in [3.63, 3.8) is 0 Å². The molecule has 0 aromatic rings. The molecule has 0 radical (unpaired) electrons. The van der Waals surface area contributed by atoms with Crippen LogP contribution in [0, 0.1) is 0 Å². The van der Waals surface area contributed by atoms with E-state index in [-0.39, 0.29) is 32.1 Å². The lowest BCUT2D eigenvalue weighted by Crippen LogP contribution is -2.72. The Morgan fingerprint density at radius 3 is 2.00 bits per heavy atom. The van der Waals surface area contributed by atoms with Gasteiger partial charge in [-0.15, -0.1) is 9.60 Å². The second kappa shape index (κ2) is 7.18. The number of carbonyl (C=O) groups is 4. The van der Waals surface area contributed by atoms with E-state index in [0.29, 0.717) is 6.42 Å². The second-order valence-corrected chi connectivity index (χ2v) is 5.47. The van der Waals surface area contributed by atoms with Crippen molar-refractivity contribution in [2.24, 2.45) is 0 Å². The van der Waals surface area contributed by atoms with Gasteiger partial charge < -0.3 is 4.90 Å². The number of nitrogens with zero attached hydrogens (tertiary/aromatic N) is 3. The summed E-state index contributed by atoms with van der Waals surface area (Å²) in [5, 5.41) is 0.950. The van der Waals surface area contributed by atoms with Crippen LogP contribution in [0.4, 0.5) is 0 Å². The fourth-order valence-corrected chi connectivity index (χ4v) is 2.88. The first-order valence-electron chi connectivity index (χ1n) is 7.63. The number of amides is 4. The summed E-state index contributed by atoms with van der Waals surface area (Å²) in [5.74, 6) is -1.81. The van der Waals surface area contributed by atoms with Crippen LogP contribution in [0.15, 0.2) is 49.6 Å². The van der Waals surface area contributed by atoms with E-state index in [1.165, 1.54) is 23.1 Å². The molecule has 24 heavy (non-hydrogen) atoms. The molecule has 2 rings (SSSR count). The van der Waals surface area contributed by atoms with Gasteiger partial charge in [0.1, 0.15) is 13.1 Å². The summed E-state index contributed by atoms with van der Waals surface area (Å²) >= 11 is 0. The maximum absolute atomic E-state index is 12.6. The van der Waals surface area contributed by atoms with E-state index in [1.807, 2.05) is 0 Å². The summed E-state index contributed by atoms with van der Waals surface area (Å²) in [6.07, 6.45) is 8.63. The highest BCUT2D eigenvalue weighted by Crippen LogP contribution is 2.22. The Labute approximate surface area is 140 Å². The van der Waals surface area contributed by atoms with Crippen molar-refractivity contribution in [1.29, 1.82) is 0 Å². The van der Waals surface area contributed by atoms with Crippen LogP contribution in [0.1, 0.15) is 6.42 Å². The van der Waals surface area contributed by atoms with E-state index < -0.39 is 22.3 Å². The van der Waals surface area contributed by atoms with Crippen molar-refractivity contribution in [2.45, 2.75) is 6.42 Å². The Bertz CT molecular complexity index is 631. The molecular formula is C17H20N3O4+. The van der Waals surface area contributed by atoms with Crippen LogP contribution < -0.4 is 0 Å². The summed E-state index contributed by atoms with van der Waals surface area (Å²) in [6.45, 7) is 7.63. The topological polar surface area (TPSA) is 74.8 Å². The number of hydrogen-bond acceptors (Lipinski definition) is 4. The smallest absolute Gasteiger partial charge is 0.328 e. The standard InChI is InChI=1S/C17H20N3O4/c1-3-14(21)18-10-12-20(13-11-18,17(24)4-2)19-15(22)8-6-5-7-9-16(19)23/h3-4,6-9H,1-2,5,10-13H2/q+1. The highest BCUT2D eigenvalue weighted by Gasteiger charge is 2.50. The lowest BCUT2D eigenvalue weighted by Gasteiger charge is -2.45. The second-order valence-electron chi connectivity index (χ2n) is 5.47. The van der Waals surface area contributed by atoms with Crippen molar-refractivity contribution in [1.82, 2.24) is 9.91 Å². The fraction of sp³-hybridized carbons (Fsp3) is 0.294. The molecule has 0 aliphatic carbocycles. The number of piperazine rings is 1. The van der Waals surface area contributed by atoms with Crippen LogP contribution >= 0.6 is 0 Å². The van der Waals surface area contributed by atoms with E-state index in [4.69, 9.17) is 0 Å². The van der Waals surface area contributed by atoms with E-state index >= 15 is 0 Å². The zero-order valence-corrected chi connectivity index (χ0v) is 13.4. The zero-order valence-electron chi connectivity index (χ0n) is 13.4. The van der Waals surface area contributed by atoms with Crippen molar-refractivity contribution < 1.29 is 23.8 Å². The van der Waals surface area contributed by atoms with Crippen molar-refractivity contribution >= 4 is 23.6 Å². The van der Waals surface area contributed by atoms with Gasteiger partial charge in [-0.3, -0.25) is 14.4 Å². The molecule has 126 valence electrons. The molecule has 2 heterocycles. The molecule has 0 aromatic carbocycles. The Morgan fingerprint density at radius 1 is 1.00 bits per heavy atom. The quantitative estimate of drug-likeness (QED) is 0.425. The molecule has 7 heteroatoms. The summed E-state index contributed by atoms with van der Waals surface area (Å²) in [6, 6.07) is 0. The molecule has 1 saturated heterocycles. The minimum atomic E-state index is -0.553. The third-order valence-corrected chi connectivity index (χ3v) is 4.14. The van der Waals surface area contributed by atoms with E-state index in [0.717, 1.165) is 11.1 Å². The van der Waals surface area contributed by atoms with Gasteiger partial charge in [0, 0.05) is 18.2 Å². The number of allylic oxidation sites excluding steroid dienone is 2. The summed E-state index contributed by atoms with van der Waals surface area (Å²) in [5.41, 5.74) is 0. The first kappa shape index (κ1) is 17.6. The minimum Gasteiger partial charge on any atom is -0.328 e. The normalized spacial score (nSPS) is 20.3. The van der Waals surface area contributed by atoms with Gasteiger partial charge >= 0.3 is 5.91 Å². The SMILES string of the molecule is C=CC(=O)N1CC[N+](C(=O)C=C)(N2C(=O)C=CCC=CC2=O)CC1. The molecule has 0 saturated carbocycles. The van der Waals surface area contributed by atoms with Gasteiger partial charge in [0.05, 0.1) is 13.1 Å². The van der Waals surface area contributed by atoms with E-state index in [1.54, 1.807) is 12.2 Å². The van der Waals surface area contributed by atoms with Crippen LogP contribution in [-0.2, 0) is 19.2 Å². The molecule has 0 spiro atoms. The fourth-order valence-electron chi connectivity index (χ4n) is 2.88. The van der Waals surface area contributed by atoms with Gasteiger partial charge in [-0.05, 0) is 12.5 Å². The highest BCUT2D eigenvalue weighted by molar-refractivity contribution is 6.05. The Kier molecular flexibility index (Phi) is 5.25. The first-order valence-corrected chi connectivity index (χ1v) is 7.63. The predicted molar refractivity (Wildman–Crippen MR) is 86.7 cm³/mol. The third kappa shape index (κ3) is 3.11. The minimum absolute atomic E-state index is 0.115. The van der Waals surface area contributed by atoms with Crippen LogP contribution in [0.2, 0.25) is 0 Å². The Morgan fingerprint density at radius 2 is 1.54 bits per heavy atom. The molecule has 0 bridgehead atoms. The molecule has 1 fully saturated rings. The highest BCUT2D eigenvalue weighted by atomic mass is 16.2. The Balaban J connectivity index is 2.40. The average molecular weight is 330 g/mol. The van der Waals surface area contributed by atoms with Crippen molar-refractivity contribution in [3.8, 4) is 0 Å². The summed E-state index contributed by atoms with van der Waals surface area (Å²) < 4.78 is -0.489. The van der Waals surface area contributed by atoms with Crippen LogP contribution in [0.5, 0.6) is 0 Å². The van der Waals surface area contributed by atoms with Crippen molar-refractivity contribution in [3.05, 3.63) is 49.6 Å². The molecule has 0 aromatic heterocycles. The maximum Gasteiger partial charge on any atom is 0.363 e. The molecular weight excluding hydrogens is 310 g/mol. The van der Waals surface area contributed by atoms with E-state index in [2.05, 4.69) is 13.2 Å². The van der Waals surface area contributed by atoms with Crippen LogP contribution in [-0.4, -0.2) is 64.3 Å². The molecule has 0 N–H and O–H groups in total. The Hall–Kier alpha value is -2.80. The number of carbonyl (C=O) groups excluding carboxylic acids is 4. The molecule has 0 atom stereocenters. The summed E-state index contributed by atoms with van der Waals surface area (Å²) in [4.78, 5) is 50.8. The first-order chi connectivity index (χ1) is 11.5. The van der Waals surface area contributed by atoms with Crippen LogP contribution in [0.25, 0.3) is 0 Å². The van der Waals surface area contributed by atoms with E-state index in [9.17, 15) is 19.2 Å². The van der Waals surface area contributed by atoms with Gasteiger partial charge in [-0.2, -0.15) is 0 Å². The lowest BCUT2D eigenvalue weighted by molar-refractivity contribution is -0.944. The molecule has 4 amide bonds. The molecule has 2 aliphatic rings. The lowest BCUT2D eigenvalue weighted by atomic mass is 10.2. The van der Waals surface area contributed by atoms with Gasteiger partial charge in [0.15, 0.2) is 0 Å². The zero-order chi connectivity index (χ0) is 17.7. The third-order valence-electron chi connectivity index (χ3n) is 4.14. The number of hydrogen-bond donors (Lipinski definition) is 0. The van der Waals surface area contributed by atoms with Gasteiger partial charge in [-0.1, -0.05) is 25.3 Å². The monoisotopic (exact) mass is 330 g/mol. The average Bonchev–Trinajstić information content (AvgIpc) is 2.59. The largest absolute Gasteiger partial charge is 0.363 e.